The van der Waals surface area contributed by atoms with Crippen molar-refractivity contribution < 1.29 is 9.47 Å². The SMILES string of the molecule is NCC1OCC(N)CO1. The molecule has 9 heavy (non-hydrogen) atoms. The Balaban J connectivity index is 2.18. The minimum Gasteiger partial charge on any atom is -0.350 e. The van der Waals surface area contributed by atoms with Gasteiger partial charge in [0.2, 0.25) is 0 Å². The van der Waals surface area contributed by atoms with Crippen LogP contribution >= 0.6 is 0 Å². The molecule has 1 fully saturated rings. The molecular weight excluding hydrogens is 120 g/mol. The van der Waals surface area contributed by atoms with E-state index in [1.165, 1.54) is 0 Å². The minimum atomic E-state index is -0.232. The normalized spacial score (nSPS) is 36.7. The zero-order chi connectivity index (χ0) is 6.69. The van der Waals surface area contributed by atoms with Crippen molar-refractivity contribution in [2.24, 2.45) is 11.5 Å². The maximum atomic E-state index is 5.46. The van der Waals surface area contributed by atoms with Gasteiger partial charge >= 0.3 is 0 Å². The Morgan fingerprint density at radius 3 is 2.33 bits per heavy atom. The Morgan fingerprint density at radius 2 is 1.89 bits per heavy atom. The largest absolute Gasteiger partial charge is 0.350 e. The second-order valence-corrected chi connectivity index (χ2v) is 2.09. The Morgan fingerprint density at radius 1 is 1.33 bits per heavy atom. The highest BCUT2D eigenvalue weighted by molar-refractivity contribution is 4.64. The van der Waals surface area contributed by atoms with Crippen molar-refractivity contribution in [3.8, 4) is 0 Å². The van der Waals surface area contributed by atoms with Crippen LogP contribution in [-0.2, 0) is 9.47 Å². The molecule has 0 atom stereocenters. The van der Waals surface area contributed by atoms with Crippen LogP contribution < -0.4 is 11.5 Å². The summed E-state index contributed by atoms with van der Waals surface area (Å²) in [7, 11) is 0. The number of hydrogen-bond donors (Lipinski definition) is 2. The fraction of sp³-hybridized carbons (Fsp3) is 1.00. The first-order chi connectivity index (χ1) is 4.33. The third-order valence-corrected chi connectivity index (χ3v) is 1.18. The van der Waals surface area contributed by atoms with E-state index in [-0.39, 0.29) is 12.3 Å². The average molecular weight is 132 g/mol. The van der Waals surface area contributed by atoms with Crippen molar-refractivity contribution in [2.75, 3.05) is 19.8 Å². The van der Waals surface area contributed by atoms with E-state index in [0.29, 0.717) is 19.8 Å². The number of nitrogens with two attached hydrogens (primary N) is 2. The summed E-state index contributed by atoms with van der Waals surface area (Å²) in [5, 5.41) is 0. The van der Waals surface area contributed by atoms with Crippen LogP contribution in [-0.4, -0.2) is 32.1 Å². The highest BCUT2D eigenvalue weighted by Crippen LogP contribution is 2.01. The van der Waals surface area contributed by atoms with Gasteiger partial charge in [0.15, 0.2) is 6.29 Å². The molecule has 4 heteroatoms. The van der Waals surface area contributed by atoms with E-state index in [9.17, 15) is 0 Å². The molecule has 0 unspecified atom stereocenters. The summed E-state index contributed by atoms with van der Waals surface area (Å²) < 4.78 is 10.1. The molecule has 1 rings (SSSR count). The summed E-state index contributed by atoms with van der Waals surface area (Å²) in [4.78, 5) is 0. The van der Waals surface area contributed by atoms with E-state index in [4.69, 9.17) is 20.9 Å². The molecule has 1 heterocycles. The van der Waals surface area contributed by atoms with Crippen molar-refractivity contribution in [3.63, 3.8) is 0 Å². The van der Waals surface area contributed by atoms with Gasteiger partial charge in [-0.3, -0.25) is 0 Å². The second-order valence-electron chi connectivity index (χ2n) is 2.09. The van der Waals surface area contributed by atoms with E-state index in [1.54, 1.807) is 0 Å². The van der Waals surface area contributed by atoms with E-state index in [2.05, 4.69) is 0 Å². The van der Waals surface area contributed by atoms with Gasteiger partial charge in [0.25, 0.3) is 0 Å². The molecule has 0 aromatic heterocycles. The lowest BCUT2D eigenvalue weighted by atomic mass is 10.3. The maximum absolute atomic E-state index is 5.46. The quantitative estimate of drug-likeness (QED) is 0.462. The van der Waals surface area contributed by atoms with Gasteiger partial charge in [-0.1, -0.05) is 0 Å². The standard InChI is InChI=1S/C5H12N2O2/c6-1-5-8-2-4(7)3-9-5/h4-5H,1-3,6-7H2. The fourth-order valence-electron chi connectivity index (χ4n) is 0.694. The molecular formula is C5H12N2O2. The highest BCUT2D eigenvalue weighted by atomic mass is 16.7. The lowest BCUT2D eigenvalue weighted by Gasteiger charge is -2.25. The van der Waals surface area contributed by atoms with E-state index in [1.807, 2.05) is 0 Å². The number of ether oxygens (including phenoxy) is 2. The Kier molecular flexibility index (Phi) is 2.41. The third-order valence-electron chi connectivity index (χ3n) is 1.18. The first-order valence-electron chi connectivity index (χ1n) is 3.02. The number of rotatable bonds is 1. The second kappa shape index (κ2) is 3.12. The van der Waals surface area contributed by atoms with Crippen LogP contribution in [0.1, 0.15) is 0 Å². The summed E-state index contributed by atoms with van der Waals surface area (Å²) in [5.41, 5.74) is 10.7. The molecule has 4 N–H and O–H groups in total. The van der Waals surface area contributed by atoms with Gasteiger partial charge in [-0.25, -0.2) is 0 Å². The van der Waals surface area contributed by atoms with Gasteiger partial charge in [0.1, 0.15) is 0 Å². The lowest BCUT2D eigenvalue weighted by Crippen LogP contribution is -2.43. The van der Waals surface area contributed by atoms with Gasteiger partial charge in [0.05, 0.1) is 19.3 Å². The van der Waals surface area contributed by atoms with Crippen LogP contribution in [0.25, 0.3) is 0 Å². The zero-order valence-corrected chi connectivity index (χ0v) is 5.25. The predicted molar refractivity (Wildman–Crippen MR) is 32.7 cm³/mol. The van der Waals surface area contributed by atoms with Gasteiger partial charge in [-0.2, -0.15) is 0 Å². The summed E-state index contributed by atoms with van der Waals surface area (Å²) >= 11 is 0. The van der Waals surface area contributed by atoms with Crippen molar-refractivity contribution in [1.29, 1.82) is 0 Å². The van der Waals surface area contributed by atoms with Crippen molar-refractivity contribution in [2.45, 2.75) is 12.3 Å². The lowest BCUT2D eigenvalue weighted by molar-refractivity contribution is -0.178. The Hall–Kier alpha value is -0.160. The maximum Gasteiger partial charge on any atom is 0.169 e. The highest BCUT2D eigenvalue weighted by Gasteiger charge is 2.16. The molecule has 1 aliphatic rings. The first kappa shape index (κ1) is 6.95. The molecule has 4 nitrogen and oxygen atoms in total. The molecule has 0 saturated carbocycles. The number of hydrogen-bond acceptors (Lipinski definition) is 4. The first-order valence-corrected chi connectivity index (χ1v) is 3.02. The van der Waals surface area contributed by atoms with E-state index >= 15 is 0 Å². The summed E-state index contributed by atoms with van der Waals surface area (Å²) in [5.74, 6) is 0. The van der Waals surface area contributed by atoms with Gasteiger partial charge in [0, 0.05) is 6.54 Å². The van der Waals surface area contributed by atoms with Crippen LogP contribution in [0.4, 0.5) is 0 Å². The summed E-state index contributed by atoms with van der Waals surface area (Å²) in [6, 6.07) is 0.0211. The molecule has 0 aliphatic carbocycles. The zero-order valence-electron chi connectivity index (χ0n) is 5.25. The van der Waals surface area contributed by atoms with Crippen molar-refractivity contribution in [3.05, 3.63) is 0 Å². The van der Waals surface area contributed by atoms with Crippen molar-refractivity contribution >= 4 is 0 Å². The summed E-state index contributed by atoms with van der Waals surface area (Å²) in [6.07, 6.45) is -0.232. The molecule has 0 radical (unpaired) electrons. The van der Waals surface area contributed by atoms with Crippen LogP contribution in [0, 0.1) is 0 Å². The molecule has 0 aromatic carbocycles. The molecule has 0 amide bonds. The van der Waals surface area contributed by atoms with Gasteiger partial charge in [-0.15, -0.1) is 0 Å². The Labute approximate surface area is 54.1 Å². The smallest absolute Gasteiger partial charge is 0.169 e. The fourth-order valence-corrected chi connectivity index (χ4v) is 0.694. The molecule has 0 bridgehead atoms. The average Bonchev–Trinajstić information content (AvgIpc) is 1.90. The Bertz CT molecular complexity index is 81.0. The van der Waals surface area contributed by atoms with E-state index < -0.39 is 0 Å². The van der Waals surface area contributed by atoms with Gasteiger partial charge < -0.3 is 20.9 Å². The van der Waals surface area contributed by atoms with Crippen LogP contribution in [0.5, 0.6) is 0 Å². The molecule has 54 valence electrons. The molecule has 1 aliphatic heterocycles. The molecule has 0 aromatic rings. The van der Waals surface area contributed by atoms with Crippen LogP contribution in [0.3, 0.4) is 0 Å². The summed E-state index contributed by atoms with van der Waals surface area (Å²) in [6.45, 7) is 1.52. The van der Waals surface area contributed by atoms with Crippen LogP contribution in [0.15, 0.2) is 0 Å². The monoisotopic (exact) mass is 132 g/mol. The molecule has 0 spiro atoms. The predicted octanol–water partition coefficient (Wildman–Crippen LogP) is -1.35. The van der Waals surface area contributed by atoms with Gasteiger partial charge in [-0.05, 0) is 0 Å². The van der Waals surface area contributed by atoms with E-state index in [0.717, 1.165) is 0 Å². The minimum absolute atomic E-state index is 0.0211. The third kappa shape index (κ3) is 1.91. The van der Waals surface area contributed by atoms with Crippen molar-refractivity contribution in [1.82, 2.24) is 0 Å². The molecule has 1 saturated heterocycles. The van der Waals surface area contributed by atoms with Crippen LogP contribution in [0.2, 0.25) is 0 Å². The topological polar surface area (TPSA) is 70.5 Å².